The monoisotopic (exact) mass is 329 g/mol. The summed E-state index contributed by atoms with van der Waals surface area (Å²) in [6.45, 7) is 2.15. The Bertz CT molecular complexity index is 664. The molecule has 0 radical (unpaired) electrons. The van der Waals surface area contributed by atoms with Crippen LogP contribution in [0.2, 0.25) is 0 Å². The lowest BCUT2D eigenvalue weighted by molar-refractivity contribution is -0.136. The second kappa shape index (κ2) is 8.85. The Morgan fingerprint density at radius 3 is 2.61 bits per heavy atom. The van der Waals surface area contributed by atoms with Gasteiger partial charge in [0.2, 0.25) is 0 Å². The summed E-state index contributed by atoms with van der Waals surface area (Å²) in [6, 6.07) is 11.2. The van der Waals surface area contributed by atoms with Crippen LogP contribution in [-0.4, -0.2) is 18.0 Å². The number of unbranched alkanes of at least 4 members (excludes halogenated alkanes) is 1. The molecule has 6 heteroatoms. The van der Waals surface area contributed by atoms with Crippen LogP contribution in [0.4, 0.5) is 5.69 Å². The van der Waals surface area contributed by atoms with Crippen molar-refractivity contribution >= 4 is 35.1 Å². The number of hydrogen-bond donors (Lipinski definition) is 2. The van der Waals surface area contributed by atoms with Crippen molar-refractivity contribution < 1.29 is 9.59 Å². The minimum absolute atomic E-state index is 0.590. The van der Waals surface area contributed by atoms with Crippen molar-refractivity contribution in [2.24, 2.45) is 5.10 Å². The van der Waals surface area contributed by atoms with Crippen molar-refractivity contribution in [2.75, 3.05) is 5.32 Å². The maximum Gasteiger partial charge on any atom is 0.329 e. The summed E-state index contributed by atoms with van der Waals surface area (Å²) in [4.78, 5) is 24.3. The second-order valence-corrected chi connectivity index (χ2v) is 5.95. The number of carbonyl (C=O) groups excluding carboxylic acids is 2. The van der Waals surface area contributed by atoms with Crippen LogP contribution < -0.4 is 10.7 Å². The number of hydrazone groups is 1. The maximum absolute atomic E-state index is 11.8. The third-order valence-electron chi connectivity index (χ3n) is 3.14. The van der Waals surface area contributed by atoms with Gasteiger partial charge in [0.25, 0.3) is 0 Å². The molecule has 0 saturated heterocycles. The minimum Gasteiger partial charge on any atom is -0.318 e. The van der Waals surface area contributed by atoms with Crippen molar-refractivity contribution in [1.82, 2.24) is 5.43 Å². The maximum atomic E-state index is 11.8. The zero-order valence-corrected chi connectivity index (χ0v) is 13.7. The van der Waals surface area contributed by atoms with Crippen LogP contribution in [0, 0.1) is 0 Å². The Hall–Kier alpha value is -2.47. The normalized spacial score (nSPS) is 10.7. The van der Waals surface area contributed by atoms with E-state index in [1.54, 1.807) is 12.1 Å². The molecular weight excluding hydrogens is 310 g/mol. The lowest BCUT2D eigenvalue weighted by Crippen LogP contribution is -2.32. The van der Waals surface area contributed by atoms with Crippen LogP contribution in [0.1, 0.15) is 30.2 Å². The van der Waals surface area contributed by atoms with Gasteiger partial charge < -0.3 is 5.32 Å². The minimum atomic E-state index is -0.798. The molecule has 23 heavy (non-hydrogen) atoms. The molecule has 0 aliphatic heterocycles. The molecule has 0 aliphatic carbocycles. The first kappa shape index (κ1) is 16.9. The topological polar surface area (TPSA) is 70.6 Å². The summed E-state index contributed by atoms with van der Waals surface area (Å²) in [7, 11) is 0. The van der Waals surface area contributed by atoms with E-state index in [4.69, 9.17) is 0 Å². The Morgan fingerprint density at radius 2 is 1.96 bits per heavy atom. The summed E-state index contributed by atoms with van der Waals surface area (Å²) in [5.74, 6) is -1.54. The molecule has 2 amide bonds. The van der Waals surface area contributed by atoms with Crippen molar-refractivity contribution in [3.63, 3.8) is 0 Å². The summed E-state index contributed by atoms with van der Waals surface area (Å²) in [5, 5.41) is 8.20. The first-order valence-electron chi connectivity index (χ1n) is 7.46. The van der Waals surface area contributed by atoms with Gasteiger partial charge in [0.15, 0.2) is 0 Å². The first-order valence-corrected chi connectivity index (χ1v) is 8.34. The van der Waals surface area contributed by atoms with Crippen molar-refractivity contribution in [1.29, 1.82) is 0 Å². The molecule has 0 fully saturated rings. The fourth-order valence-electron chi connectivity index (χ4n) is 1.89. The van der Waals surface area contributed by atoms with Gasteiger partial charge in [0.1, 0.15) is 0 Å². The molecule has 0 saturated carbocycles. The van der Waals surface area contributed by atoms with Gasteiger partial charge in [0.05, 0.1) is 6.21 Å². The number of carbonyl (C=O) groups is 2. The number of hydrogen-bond acceptors (Lipinski definition) is 4. The molecule has 1 heterocycles. The second-order valence-electron chi connectivity index (χ2n) is 4.97. The highest BCUT2D eigenvalue weighted by Gasteiger charge is 2.12. The van der Waals surface area contributed by atoms with Crippen LogP contribution >= 0.6 is 11.3 Å². The summed E-state index contributed by atoms with van der Waals surface area (Å²) >= 11 is 1.49. The summed E-state index contributed by atoms with van der Waals surface area (Å²) in [6.07, 6.45) is 4.79. The van der Waals surface area contributed by atoms with E-state index >= 15 is 0 Å². The van der Waals surface area contributed by atoms with Gasteiger partial charge in [0, 0.05) is 10.6 Å². The van der Waals surface area contributed by atoms with Crippen molar-refractivity contribution in [2.45, 2.75) is 26.2 Å². The van der Waals surface area contributed by atoms with Gasteiger partial charge in [-0.05, 0) is 42.0 Å². The fraction of sp³-hybridized carbons (Fsp3) is 0.235. The smallest absolute Gasteiger partial charge is 0.318 e. The van der Waals surface area contributed by atoms with Gasteiger partial charge in [-0.3, -0.25) is 9.59 Å². The summed E-state index contributed by atoms with van der Waals surface area (Å²) in [5.41, 5.74) is 4.01. The van der Waals surface area contributed by atoms with E-state index in [2.05, 4.69) is 22.8 Å². The predicted octanol–water partition coefficient (Wildman–Crippen LogP) is 3.18. The Labute approximate surface area is 139 Å². The highest BCUT2D eigenvalue weighted by Crippen LogP contribution is 2.11. The number of anilines is 1. The van der Waals surface area contributed by atoms with E-state index in [1.165, 1.54) is 23.1 Å². The molecule has 2 aromatic rings. The Balaban J connectivity index is 1.82. The molecule has 2 rings (SSSR count). The van der Waals surface area contributed by atoms with Gasteiger partial charge in [-0.2, -0.15) is 5.10 Å². The van der Waals surface area contributed by atoms with E-state index in [9.17, 15) is 9.59 Å². The molecule has 2 N–H and O–H groups in total. The number of nitrogens with zero attached hydrogens (tertiary/aromatic N) is 1. The highest BCUT2D eigenvalue weighted by molar-refractivity contribution is 7.11. The van der Waals surface area contributed by atoms with Crippen LogP contribution in [0.15, 0.2) is 46.9 Å². The van der Waals surface area contributed by atoms with Gasteiger partial charge in [-0.15, -0.1) is 11.3 Å². The van der Waals surface area contributed by atoms with Gasteiger partial charge in [-0.25, -0.2) is 5.43 Å². The molecular formula is C17H19N3O2S. The number of aryl methyl sites for hydroxylation is 1. The number of rotatable bonds is 6. The van der Waals surface area contributed by atoms with Crippen LogP contribution in [0.25, 0.3) is 0 Å². The molecule has 1 aromatic carbocycles. The van der Waals surface area contributed by atoms with E-state index in [0.717, 1.165) is 24.1 Å². The lowest BCUT2D eigenvalue weighted by atomic mass is 10.1. The van der Waals surface area contributed by atoms with E-state index in [-0.39, 0.29) is 0 Å². The van der Waals surface area contributed by atoms with Crippen LogP contribution in [0.5, 0.6) is 0 Å². The first-order chi connectivity index (χ1) is 11.2. The molecule has 1 aromatic heterocycles. The average molecular weight is 329 g/mol. The third kappa shape index (κ3) is 5.67. The van der Waals surface area contributed by atoms with E-state index < -0.39 is 11.8 Å². The zero-order chi connectivity index (χ0) is 16.5. The largest absolute Gasteiger partial charge is 0.329 e. The average Bonchev–Trinajstić information content (AvgIpc) is 3.07. The molecule has 0 bridgehead atoms. The predicted molar refractivity (Wildman–Crippen MR) is 93.7 cm³/mol. The fourth-order valence-corrected chi connectivity index (χ4v) is 2.48. The molecule has 120 valence electrons. The lowest BCUT2D eigenvalue weighted by Gasteiger charge is -2.05. The number of thiophene rings is 1. The number of nitrogens with one attached hydrogen (secondary N) is 2. The van der Waals surface area contributed by atoms with Gasteiger partial charge in [-0.1, -0.05) is 31.5 Å². The molecule has 0 unspecified atom stereocenters. The highest BCUT2D eigenvalue weighted by atomic mass is 32.1. The standard InChI is InChI=1S/C17H19N3O2S/c1-2-3-5-13-7-9-14(10-8-13)19-16(21)17(22)20-18-12-15-6-4-11-23-15/h4,6-12H,2-3,5H2,1H3,(H,19,21)(H,20,22)/b18-12+. The number of benzene rings is 1. The molecule has 5 nitrogen and oxygen atoms in total. The molecule has 0 aliphatic rings. The molecule has 0 atom stereocenters. The van der Waals surface area contributed by atoms with E-state index in [0.29, 0.717) is 5.69 Å². The Kier molecular flexibility index (Phi) is 6.50. The summed E-state index contributed by atoms with van der Waals surface area (Å²) < 4.78 is 0. The van der Waals surface area contributed by atoms with E-state index in [1.807, 2.05) is 29.6 Å². The SMILES string of the molecule is CCCCc1ccc(NC(=O)C(=O)N/N=C/c2cccs2)cc1. The third-order valence-corrected chi connectivity index (χ3v) is 3.94. The van der Waals surface area contributed by atoms with Crippen LogP contribution in [0.3, 0.4) is 0 Å². The molecule has 0 spiro atoms. The van der Waals surface area contributed by atoms with Gasteiger partial charge >= 0.3 is 11.8 Å². The van der Waals surface area contributed by atoms with Crippen molar-refractivity contribution in [3.05, 3.63) is 52.2 Å². The van der Waals surface area contributed by atoms with Crippen molar-refractivity contribution in [3.8, 4) is 0 Å². The Morgan fingerprint density at radius 1 is 1.17 bits per heavy atom. The zero-order valence-electron chi connectivity index (χ0n) is 12.9. The van der Waals surface area contributed by atoms with Crippen LogP contribution in [-0.2, 0) is 16.0 Å². The quantitative estimate of drug-likeness (QED) is 0.485. The number of amides is 2.